The highest BCUT2D eigenvalue weighted by Gasteiger charge is 2.46. The predicted octanol–water partition coefficient (Wildman–Crippen LogP) is 4.00. The van der Waals surface area contributed by atoms with E-state index in [4.69, 9.17) is 5.10 Å². The van der Waals surface area contributed by atoms with Crippen molar-refractivity contribution in [2.24, 2.45) is 28.8 Å². The Morgan fingerprint density at radius 2 is 1.59 bits per heavy atom. The van der Waals surface area contributed by atoms with Gasteiger partial charge in [0.25, 0.3) is 0 Å². The lowest BCUT2D eigenvalue weighted by molar-refractivity contribution is 0.108. The molecule has 0 aromatic carbocycles. The van der Waals surface area contributed by atoms with Crippen molar-refractivity contribution in [3.63, 3.8) is 0 Å². The van der Waals surface area contributed by atoms with Crippen LogP contribution in [0.3, 0.4) is 0 Å². The fraction of sp³-hybridized carbons (Fsp3) is 0.722. The molecule has 0 atom stereocenters. The highest BCUT2D eigenvalue weighted by molar-refractivity contribution is 5.91. The van der Waals surface area contributed by atoms with Crippen molar-refractivity contribution in [3.05, 3.63) is 17.8 Å². The van der Waals surface area contributed by atoms with E-state index in [0.717, 1.165) is 35.2 Å². The van der Waals surface area contributed by atoms with Gasteiger partial charge in [0.1, 0.15) is 0 Å². The molecule has 4 aliphatic rings. The van der Waals surface area contributed by atoms with Crippen LogP contribution in [0.4, 0.5) is 5.82 Å². The summed E-state index contributed by atoms with van der Waals surface area (Å²) in [4.78, 5) is 0. The molecule has 0 spiro atoms. The van der Waals surface area contributed by atoms with Gasteiger partial charge in [-0.05, 0) is 67.9 Å². The summed E-state index contributed by atoms with van der Waals surface area (Å²) >= 11 is 0. The molecule has 1 aromatic rings. The second kappa shape index (κ2) is 5.04. The zero-order valence-electron chi connectivity index (χ0n) is 13.8. The minimum atomic E-state index is 0.0405. The number of nitrogens with one attached hydrogen (secondary N) is 1. The number of rotatable bonds is 2. The average molecular weight is 298 g/mol. The standard InChI is InChI=1S/C18H26N4/c1-18(2,3)15-4-5-16(20-19-15)21-22-17-13-7-11-6-12(9-13)10-14(17)8-11/h4-5,11-14H,6-10H2,1-3H3,(H,20,21). The lowest BCUT2D eigenvalue weighted by Gasteiger charge is -2.50. The van der Waals surface area contributed by atoms with Crippen LogP contribution in [0.25, 0.3) is 0 Å². The van der Waals surface area contributed by atoms with Crippen molar-refractivity contribution in [2.45, 2.75) is 58.3 Å². The predicted molar refractivity (Wildman–Crippen MR) is 88.8 cm³/mol. The van der Waals surface area contributed by atoms with Gasteiger partial charge in [-0.1, -0.05) is 20.8 Å². The minimum absolute atomic E-state index is 0.0405. The molecular weight excluding hydrogens is 272 g/mol. The van der Waals surface area contributed by atoms with Gasteiger partial charge in [-0.25, -0.2) is 0 Å². The molecule has 4 aliphatic carbocycles. The van der Waals surface area contributed by atoms with Gasteiger partial charge in [-0.2, -0.15) is 10.2 Å². The van der Waals surface area contributed by atoms with E-state index in [1.807, 2.05) is 12.1 Å². The van der Waals surface area contributed by atoms with Gasteiger partial charge >= 0.3 is 0 Å². The number of aromatic nitrogens is 2. The van der Waals surface area contributed by atoms with Crippen molar-refractivity contribution in [2.75, 3.05) is 5.43 Å². The lowest BCUT2D eigenvalue weighted by Crippen LogP contribution is -2.45. The van der Waals surface area contributed by atoms with Crippen molar-refractivity contribution in [1.29, 1.82) is 0 Å². The molecule has 0 unspecified atom stereocenters. The first-order valence-electron chi connectivity index (χ1n) is 8.66. The second-order valence-corrected chi connectivity index (χ2v) is 8.51. The quantitative estimate of drug-likeness (QED) is 0.840. The van der Waals surface area contributed by atoms with Crippen LogP contribution in [-0.4, -0.2) is 15.9 Å². The summed E-state index contributed by atoms with van der Waals surface area (Å²) < 4.78 is 0. The van der Waals surface area contributed by atoms with Gasteiger partial charge in [-0.15, -0.1) is 5.10 Å². The molecule has 4 bridgehead atoms. The maximum absolute atomic E-state index is 4.75. The Labute approximate surface area is 132 Å². The molecule has 22 heavy (non-hydrogen) atoms. The number of nitrogens with zero attached hydrogens (tertiary/aromatic N) is 3. The maximum Gasteiger partial charge on any atom is 0.168 e. The van der Waals surface area contributed by atoms with Crippen LogP contribution in [0.1, 0.15) is 58.6 Å². The lowest BCUT2D eigenvalue weighted by atomic mass is 9.55. The minimum Gasteiger partial charge on any atom is -0.260 e. The van der Waals surface area contributed by atoms with E-state index < -0.39 is 0 Å². The van der Waals surface area contributed by atoms with Gasteiger partial charge in [0.15, 0.2) is 5.82 Å². The fourth-order valence-electron chi connectivity index (χ4n) is 4.76. The first kappa shape index (κ1) is 14.2. The van der Waals surface area contributed by atoms with E-state index in [1.54, 1.807) is 0 Å². The Bertz CT molecular complexity index is 552. The second-order valence-electron chi connectivity index (χ2n) is 8.51. The molecule has 1 N–H and O–H groups in total. The molecule has 4 heteroatoms. The van der Waals surface area contributed by atoms with Crippen molar-refractivity contribution in [3.8, 4) is 0 Å². The topological polar surface area (TPSA) is 50.2 Å². The van der Waals surface area contributed by atoms with E-state index in [2.05, 4.69) is 36.4 Å². The van der Waals surface area contributed by atoms with Crippen molar-refractivity contribution >= 4 is 11.5 Å². The molecule has 4 saturated carbocycles. The van der Waals surface area contributed by atoms with Gasteiger partial charge in [0, 0.05) is 11.1 Å². The van der Waals surface area contributed by atoms with Gasteiger partial charge in [0.2, 0.25) is 0 Å². The Morgan fingerprint density at radius 3 is 2.09 bits per heavy atom. The van der Waals surface area contributed by atoms with E-state index in [1.165, 1.54) is 37.8 Å². The van der Waals surface area contributed by atoms with Crippen LogP contribution in [0.15, 0.2) is 17.2 Å². The summed E-state index contributed by atoms with van der Waals surface area (Å²) in [6, 6.07) is 4.04. The number of hydrogen-bond acceptors (Lipinski definition) is 4. The van der Waals surface area contributed by atoms with E-state index >= 15 is 0 Å². The van der Waals surface area contributed by atoms with Crippen LogP contribution < -0.4 is 5.43 Å². The summed E-state index contributed by atoms with van der Waals surface area (Å²) in [5.41, 5.74) is 5.63. The van der Waals surface area contributed by atoms with E-state index in [0.29, 0.717) is 0 Å². The fourth-order valence-corrected chi connectivity index (χ4v) is 4.76. The van der Waals surface area contributed by atoms with E-state index in [-0.39, 0.29) is 5.41 Å². The van der Waals surface area contributed by atoms with Crippen LogP contribution in [0.2, 0.25) is 0 Å². The molecule has 4 fully saturated rings. The molecular formula is C18H26N4. The Kier molecular flexibility index (Phi) is 3.24. The third-order valence-corrected chi connectivity index (χ3v) is 5.71. The molecule has 0 aliphatic heterocycles. The summed E-state index contributed by atoms with van der Waals surface area (Å²) in [6.45, 7) is 6.45. The average Bonchev–Trinajstić information content (AvgIpc) is 2.45. The van der Waals surface area contributed by atoms with Crippen molar-refractivity contribution < 1.29 is 0 Å². The van der Waals surface area contributed by atoms with Crippen molar-refractivity contribution in [1.82, 2.24) is 10.2 Å². The molecule has 0 radical (unpaired) electrons. The van der Waals surface area contributed by atoms with E-state index in [9.17, 15) is 0 Å². The highest BCUT2D eigenvalue weighted by atomic mass is 15.3. The molecule has 0 amide bonds. The molecule has 5 rings (SSSR count). The Balaban J connectivity index is 1.48. The number of hydrogen-bond donors (Lipinski definition) is 1. The molecule has 1 heterocycles. The summed E-state index contributed by atoms with van der Waals surface area (Å²) in [6.07, 6.45) is 6.93. The monoisotopic (exact) mass is 298 g/mol. The van der Waals surface area contributed by atoms with Crippen LogP contribution in [-0.2, 0) is 5.41 Å². The summed E-state index contributed by atoms with van der Waals surface area (Å²) in [5.74, 6) is 4.17. The Hall–Kier alpha value is -1.45. The van der Waals surface area contributed by atoms with Gasteiger partial charge in [-0.3, -0.25) is 5.43 Å². The summed E-state index contributed by atoms with van der Waals surface area (Å²) in [5, 5.41) is 13.4. The zero-order chi connectivity index (χ0) is 15.3. The van der Waals surface area contributed by atoms with Crippen LogP contribution >= 0.6 is 0 Å². The molecule has 1 aromatic heterocycles. The Morgan fingerprint density at radius 1 is 0.955 bits per heavy atom. The first-order chi connectivity index (χ1) is 10.5. The van der Waals surface area contributed by atoms with Gasteiger partial charge in [0.05, 0.1) is 5.69 Å². The molecule has 118 valence electrons. The smallest absolute Gasteiger partial charge is 0.168 e. The first-order valence-corrected chi connectivity index (χ1v) is 8.66. The number of anilines is 1. The SMILES string of the molecule is CC(C)(C)c1ccc(NN=C2C3CC4CC(C3)CC2C4)nn1. The number of hydrazone groups is 1. The van der Waals surface area contributed by atoms with Gasteiger partial charge < -0.3 is 0 Å². The molecule has 0 saturated heterocycles. The maximum atomic E-state index is 4.75. The zero-order valence-corrected chi connectivity index (χ0v) is 13.8. The normalized spacial score (nSPS) is 33.1. The summed E-state index contributed by atoms with van der Waals surface area (Å²) in [7, 11) is 0. The third-order valence-electron chi connectivity index (χ3n) is 5.71. The molecule has 4 nitrogen and oxygen atoms in total. The third kappa shape index (κ3) is 2.53. The van der Waals surface area contributed by atoms with Crippen LogP contribution in [0.5, 0.6) is 0 Å². The largest absolute Gasteiger partial charge is 0.260 e. The highest BCUT2D eigenvalue weighted by Crippen LogP contribution is 2.52. The van der Waals surface area contributed by atoms with Crippen LogP contribution in [0, 0.1) is 23.7 Å².